The van der Waals surface area contributed by atoms with Crippen molar-refractivity contribution >= 4 is 11.9 Å². The van der Waals surface area contributed by atoms with Crippen LogP contribution in [0.25, 0.3) is 0 Å². The van der Waals surface area contributed by atoms with Crippen LogP contribution in [0.1, 0.15) is 31.8 Å². The SMILES string of the molecule is O=C(Oc1ccccc1)c1ccc([CH]c2ccc(C(=O)Oc3ccccc3)cc2)cc1. The molecule has 0 aliphatic rings. The monoisotopic (exact) mass is 407 g/mol. The molecule has 0 unspecified atom stereocenters. The summed E-state index contributed by atoms with van der Waals surface area (Å²) in [7, 11) is 0. The molecule has 4 nitrogen and oxygen atoms in total. The Labute approximate surface area is 180 Å². The number of para-hydroxylation sites is 2. The summed E-state index contributed by atoms with van der Waals surface area (Å²) in [6.07, 6.45) is 1.96. The molecule has 4 aromatic carbocycles. The normalized spacial score (nSPS) is 10.3. The van der Waals surface area contributed by atoms with E-state index < -0.39 is 11.9 Å². The molecule has 0 aliphatic heterocycles. The van der Waals surface area contributed by atoms with Crippen molar-refractivity contribution in [3.63, 3.8) is 0 Å². The third kappa shape index (κ3) is 5.46. The van der Waals surface area contributed by atoms with E-state index in [-0.39, 0.29) is 0 Å². The highest BCUT2D eigenvalue weighted by Crippen LogP contribution is 2.17. The molecule has 0 amide bonds. The minimum absolute atomic E-state index is 0.404. The van der Waals surface area contributed by atoms with Crippen molar-refractivity contribution in [2.24, 2.45) is 0 Å². The molecule has 0 spiro atoms. The lowest BCUT2D eigenvalue weighted by atomic mass is 10.0. The standard InChI is InChI=1S/C27H19O4/c28-26(30-24-7-3-1-4-8-24)22-15-11-20(12-16-22)19-21-13-17-23(18-14-21)27(29)31-25-9-5-2-6-10-25/h1-19H. The smallest absolute Gasteiger partial charge is 0.343 e. The number of ether oxygens (including phenoxy) is 2. The van der Waals surface area contributed by atoms with Gasteiger partial charge in [0.15, 0.2) is 0 Å². The van der Waals surface area contributed by atoms with E-state index in [1.54, 1.807) is 48.5 Å². The molecule has 4 heteroatoms. The van der Waals surface area contributed by atoms with Crippen molar-refractivity contribution in [3.8, 4) is 11.5 Å². The zero-order valence-corrected chi connectivity index (χ0v) is 16.6. The first-order chi connectivity index (χ1) is 15.2. The van der Waals surface area contributed by atoms with Crippen LogP contribution in [0.2, 0.25) is 0 Å². The first-order valence-electron chi connectivity index (χ1n) is 9.77. The fraction of sp³-hybridized carbons (Fsp3) is 0. The van der Waals surface area contributed by atoms with Gasteiger partial charge in [-0.05, 0) is 59.7 Å². The molecule has 0 atom stereocenters. The van der Waals surface area contributed by atoms with Crippen LogP contribution in [0.5, 0.6) is 11.5 Å². The lowest BCUT2D eigenvalue weighted by molar-refractivity contribution is 0.0725. The van der Waals surface area contributed by atoms with Crippen LogP contribution >= 0.6 is 0 Å². The molecule has 0 aliphatic carbocycles. The lowest BCUT2D eigenvalue weighted by Gasteiger charge is -2.07. The molecule has 0 N–H and O–H groups in total. The molecule has 0 bridgehead atoms. The van der Waals surface area contributed by atoms with E-state index in [2.05, 4.69) is 0 Å². The lowest BCUT2D eigenvalue weighted by Crippen LogP contribution is -2.08. The maximum absolute atomic E-state index is 12.2. The first-order valence-corrected chi connectivity index (χ1v) is 9.77. The molecular weight excluding hydrogens is 388 g/mol. The molecule has 1 radical (unpaired) electrons. The molecular formula is C27H19O4. The van der Waals surface area contributed by atoms with Crippen molar-refractivity contribution in [2.45, 2.75) is 0 Å². The third-order valence-electron chi connectivity index (χ3n) is 4.53. The second kappa shape index (κ2) is 9.55. The summed E-state index contributed by atoms with van der Waals surface area (Å²) in [5.74, 6) is 0.209. The van der Waals surface area contributed by atoms with Gasteiger partial charge < -0.3 is 9.47 Å². The fourth-order valence-electron chi connectivity index (χ4n) is 2.93. The summed E-state index contributed by atoms with van der Waals surface area (Å²) in [6, 6.07) is 32.2. The summed E-state index contributed by atoms with van der Waals surface area (Å²) in [5, 5.41) is 0. The quantitative estimate of drug-likeness (QED) is 0.303. The molecule has 0 saturated heterocycles. The topological polar surface area (TPSA) is 52.6 Å². The molecule has 151 valence electrons. The van der Waals surface area contributed by atoms with E-state index in [0.29, 0.717) is 22.6 Å². The molecule has 0 aromatic heterocycles. The van der Waals surface area contributed by atoms with Crippen molar-refractivity contribution < 1.29 is 19.1 Å². The highest BCUT2D eigenvalue weighted by Gasteiger charge is 2.10. The Morgan fingerprint density at radius 2 is 0.839 bits per heavy atom. The van der Waals surface area contributed by atoms with Gasteiger partial charge in [-0.15, -0.1) is 0 Å². The number of carbonyl (C=O) groups excluding carboxylic acids is 2. The van der Waals surface area contributed by atoms with Crippen LogP contribution in [-0.2, 0) is 0 Å². The van der Waals surface area contributed by atoms with Gasteiger partial charge in [0.2, 0.25) is 0 Å². The molecule has 0 saturated carbocycles. The van der Waals surface area contributed by atoms with E-state index in [1.165, 1.54) is 0 Å². The molecule has 0 heterocycles. The highest BCUT2D eigenvalue weighted by atomic mass is 16.5. The largest absolute Gasteiger partial charge is 0.423 e. The Morgan fingerprint density at radius 1 is 0.484 bits per heavy atom. The van der Waals surface area contributed by atoms with E-state index in [4.69, 9.17) is 9.47 Å². The van der Waals surface area contributed by atoms with E-state index in [0.717, 1.165) is 11.1 Å². The fourth-order valence-corrected chi connectivity index (χ4v) is 2.93. The van der Waals surface area contributed by atoms with Crippen LogP contribution in [0, 0.1) is 6.42 Å². The number of benzene rings is 4. The predicted molar refractivity (Wildman–Crippen MR) is 118 cm³/mol. The molecule has 4 aromatic rings. The number of carbonyl (C=O) groups is 2. The second-order valence-electron chi connectivity index (χ2n) is 6.79. The Kier molecular flexibility index (Phi) is 6.19. The first kappa shape index (κ1) is 20.1. The van der Waals surface area contributed by atoms with Crippen LogP contribution in [0.15, 0.2) is 109 Å². The van der Waals surface area contributed by atoms with Gasteiger partial charge in [-0.1, -0.05) is 60.7 Å². The second-order valence-corrected chi connectivity index (χ2v) is 6.79. The van der Waals surface area contributed by atoms with E-state index in [1.807, 2.05) is 67.1 Å². The zero-order valence-electron chi connectivity index (χ0n) is 16.6. The Morgan fingerprint density at radius 3 is 1.19 bits per heavy atom. The third-order valence-corrected chi connectivity index (χ3v) is 4.53. The van der Waals surface area contributed by atoms with Gasteiger partial charge in [-0.25, -0.2) is 9.59 Å². The summed E-state index contributed by atoms with van der Waals surface area (Å²) < 4.78 is 10.7. The summed E-state index contributed by atoms with van der Waals surface area (Å²) in [6.45, 7) is 0. The van der Waals surface area contributed by atoms with Gasteiger partial charge in [0.1, 0.15) is 11.5 Å². The zero-order chi connectivity index (χ0) is 21.5. The maximum atomic E-state index is 12.2. The molecule has 4 rings (SSSR count). The van der Waals surface area contributed by atoms with Gasteiger partial charge in [0, 0.05) is 6.42 Å². The Balaban J connectivity index is 1.36. The van der Waals surface area contributed by atoms with Gasteiger partial charge in [-0.2, -0.15) is 0 Å². The van der Waals surface area contributed by atoms with Gasteiger partial charge in [-0.3, -0.25) is 0 Å². The minimum atomic E-state index is -0.404. The summed E-state index contributed by atoms with van der Waals surface area (Å²) in [4.78, 5) is 24.5. The van der Waals surface area contributed by atoms with Crippen LogP contribution < -0.4 is 9.47 Å². The number of esters is 2. The van der Waals surface area contributed by atoms with E-state index >= 15 is 0 Å². The average molecular weight is 407 g/mol. The van der Waals surface area contributed by atoms with Gasteiger partial charge >= 0.3 is 11.9 Å². The van der Waals surface area contributed by atoms with Crippen LogP contribution in [0.4, 0.5) is 0 Å². The number of rotatable bonds is 6. The van der Waals surface area contributed by atoms with E-state index in [9.17, 15) is 9.59 Å². The summed E-state index contributed by atoms with van der Waals surface area (Å²) >= 11 is 0. The maximum Gasteiger partial charge on any atom is 0.343 e. The van der Waals surface area contributed by atoms with Crippen molar-refractivity contribution in [2.75, 3.05) is 0 Å². The Bertz CT molecular complexity index is 1050. The summed E-state index contributed by atoms with van der Waals surface area (Å²) in [5.41, 5.74) is 2.80. The highest BCUT2D eigenvalue weighted by molar-refractivity contribution is 5.91. The predicted octanol–water partition coefficient (Wildman–Crippen LogP) is 5.73. The van der Waals surface area contributed by atoms with Crippen LogP contribution in [-0.4, -0.2) is 11.9 Å². The number of hydrogen-bond acceptors (Lipinski definition) is 4. The minimum Gasteiger partial charge on any atom is -0.423 e. The molecule has 31 heavy (non-hydrogen) atoms. The number of hydrogen-bond donors (Lipinski definition) is 0. The van der Waals surface area contributed by atoms with Crippen molar-refractivity contribution in [1.29, 1.82) is 0 Å². The van der Waals surface area contributed by atoms with Crippen molar-refractivity contribution in [1.82, 2.24) is 0 Å². The van der Waals surface area contributed by atoms with Crippen molar-refractivity contribution in [3.05, 3.63) is 138 Å². The molecule has 0 fully saturated rings. The Hall–Kier alpha value is -4.18. The van der Waals surface area contributed by atoms with Crippen LogP contribution in [0.3, 0.4) is 0 Å². The van der Waals surface area contributed by atoms with Gasteiger partial charge in [0.05, 0.1) is 11.1 Å². The van der Waals surface area contributed by atoms with Gasteiger partial charge in [0.25, 0.3) is 0 Å². The average Bonchev–Trinajstić information content (AvgIpc) is 2.81.